The Morgan fingerprint density at radius 1 is 0.810 bits per heavy atom. The Balaban J connectivity index is 2.20. The molecule has 0 aromatic heterocycles. The molecule has 2 atom stereocenters. The van der Waals surface area contributed by atoms with E-state index in [1.54, 1.807) is 6.92 Å². The minimum Gasteiger partial charge on any atom is -0.304 e. The molecule has 21 heavy (non-hydrogen) atoms. The maximum atomic E-state index is 14.0. The molecule has 1 N–H and O–H groups in total. The van der Waals surface area contributed by atoms with Gasteiger partial charge in [0.05, 0.1) is 0 Å². The molecular formula is C18H21F2N. The first-order chi connectivity index (χ1) is 9.90. The molecule has 0 fully saturated rings. The Kier molecular flexibility index (Phi) is 4.73. The third kappa shape index (κ3) is 3.48. The fraction of sp³-hybridized carbons (Fsp3) is 0.333. The molecule has 0 saturated carbocycles. The monoisotopic (exact) mass is 289 g/mol. The fourth-order valence-electron chi connectivity index (χ4n) is 2.62. The molecule has 1 nitrogen and oxygen atoms in total. The van der Waals surface area contributed by atoms with E-state index in [4.69, 9.17) is 0 Å². The standard InChI is InChI=1S/C18H21F2N/c1-11-7-5-6-8-15(11)13(3)21-14(4)16-10-17(19)12(2)9-18(16)20/h5-10,13-14,21H,1-4H3. The molecule has 2 aromatic rings. The van der Waals surface area contributed by atoms with E-state index >= 15 is 0 Å². The van der Waals surface area contributed by atoms with Crippen molar-refractivity contribution < 1.29 is 8.78 Å². The number of hydrogen-bond acceptors (Lipinski definition) is 1. The Morgan fingerprint density at radius 2 is 1.43 bits per heavy atom. The lowest BCUT2D eigenvalue weighted by Crippen LogP contribution is -2.24. The summed E-state index contributed by atoms with van der Waals surface area (Å²) in [6.07, 6.45) is 0. The molecule has 112 valence electrons. The lowest BCUT2D eigenvalue weighted by Gasteiger charge is -2.22. The summed E-state index contributed by atoms with van der Waals surface area (Å²) in [7, 11) is 0. The smallest absolute Gasteiger partial charge is 0.128 e. The van der Waals surface area contributed by atoms with Gasteiger partial charge in [-0.3, -0.25) is 0 Å². The van der Waals surface area contributed by atoms with E-state index in [2.05, 4.69) is 5.32 Å². The molecule has 3 heteroatoms. The quantitative estimate of drug-likeness (QED) is 0.835. The van der Waals surface area contributed by atoms with Crippen LogP contribution in [0.4, 0.5) is 8.78 Å². The second-order valence-electron chi connectivity index (χ2n) is 5.59. The van der Waals surface area contributed by atoms with E-state index in [9.17, 15) is 8.78 Å². The minimum absolute atomic E-state index is 0.0602. The van der Waals surface area contributed by atoms with Gasteiger partial charge in [-0.05, 0) is 56.5 Å². The third-order valence-corrected chi connectivity index (χ3v) is 3.90. The number of aryl methyl sites for hydroxylation is 2. The van der Waals surface area contributed by atoms with Gasteiger partial charge in [0.2, 0.25) is 0 Å². The van der Waals surface area contributed by atoms with Crippen molar-refractivity contribution in [2.75, 3.05) is 0 Å². The van der Waals surface area contributed by atoms with Crippen molar-refractivity contribution in [3.63, 3.8) is 0 Å². The molecule has 0 aliphatic heterocycles. The number of nitrogens with one attached hydrogen (secondary N) is 1. The third-order valence-electron chi connectivity index (χ3n) is 3.90. The van der Waals surface area contributed by atoms with Crippen LogP contribution in [0.5, 0.6) is 0 Å². The van der Waals surface area contributed by atoms with Gasteiger partial charge in [-0.2, -0.15) is 0 Å². The van der Waals surface area contributed by atoms with Gasteiger partial charge in [0.1, 0.15) is 11.6 Å². The van der Waals surface area contributed by atoms with Crippen LogP contribution in [-0.2, 0) is 0 Å². The number of benzene rings is 2. The molecule has 2 unspecified atom stereocenters. The maximum absolute atomic E-state index is 14.0. The molecule has 0 heterocycles. The highest BCUT2D eigenvalue weighted by Gasteiger charge is 2.17. The zero-order valence-electron chi connectivity index (χ0n) is 12.9. The van der Waals surface area contributed by atoms with Gasteiger partial charge in [-0.15, -0.1) is 0 Å². The fourth-order valence-corrected chi connectivity index (χ4v) is 2.62. The van der Waals surface area contributed by atoms with E-state index in [1.165, 1.54) is 17.7 Å². The van der Waals surface area contributed by atoms with Crippen molar-refractivity contribution in [3.8, 4) is 0 Å². The Hall–Kier alpha value is -1.74. The SMILES string of the molecule is Cc1cc(F)c(C(C)NC(C)c2ccccc2C)cc1F. The van der Waals surface area contributed by atoms with Gasteiger partial charge in [0.15, 0.2) is 0 Å². The second-order valence-corrected chi connectivity index (χ2v) is 5.59. The number of halogens is 2. The summed E-state index contributed by atoms with van der Waals surface area (Å²) in [4.78, 5) is 0. The molecule has 0 radical (unpaired) electrons. The molecule has 0 aliphatic rings. The minimum atomic E-state index is -0.372. The molecule has 0 spiro atoms. The number of rotatable bonds is 4. The van der Waals surface area contributed by atoms with Crippen molar-refractivity contribution in [1.82, 2.24) is 5.32 Å². The molecule has 0 aliphatic carbocycles. The maximum Gasteiger partial charge on any atom is 0.128 e. The van der Waals surface area contributed by atoms with Gasteiger partial charge in [-0.25, -0.2) is 8.78 Å². The van der Waals surface area contributed by atoms with Crippen molar-refractivity contribution >= 4 is 0 Å². The molecule has 2 aromatic carbocycles. The van der Waals surface area contributed by atoms with Crippen molar-refractivity contribution in [3.05, 3.63) is 70.3 Å². The predicted molar refractivity (Wildman–Crippen MR) is 82.2 cm³/mol. The van der Waals surface area contributed by atoms with Gasteiger partial charge >= 0.3 is 0 Å². The van der Waals surface area contributed by atoms with Crippen LogP contribution in [0.1, 0.15) is 48.2 Å². The van der Waals surface area contributed by atoms with Crippen LogP contribution in [0.25, 0.3) is 0 Å². The van der Waals surface area contributed by atoms with E-state index in [0.717, 1.165) is 5.56 Å². The van der Waals surface area contributed by atoms with Crippen molar-refractivity contribution in [1.29, 1.82) is 0 Å². The first-order valence-electron chi connectivity index (χ1n) is 7.17. The highest BCUT2D eigenvalue weighted by molar-refractivity contribution is 5.30. The predicted octanol–water partition coefficient (Wildman–Crippen LogP) is 4.99. The van der Waals surface area contributed by atoms with Crippen LogP contribution < -0.4 is 5.32 Å². The highest BCUT2D eigenvalue weighted by Crippen LogP contribution is 2.25. The van der Waals surface area contributed by atoms with Gasteiger partial charge in [0.25, 0.3) is 0 Å². The van der Waals surface area contributed by atoms with E-state index in [0.29, 0.717) is 11.1 Å². The topological polar surface area (TPSA) is 12.0 Å². The Bertz CT molecular complexity index is 637. The van der Waals surface area contributed by atoms with Crippen LogP contribution >= 0.6 is 0 Å². The molecule has 0 saturated heterocycles. The largest absolute Gasteiger partial charge is 0.304 e. The lowest BCUT2D eigenvalue weighted by molar-refractivity contribution is 0.468. The summed E-state index contributed by atoms with van der Waals surface area (Å²) in [6.45, 7) is 7.49. The number of hydrogen-bond donors (Lipinski definition) is 1. The lowest BCUT2D eigenvalue weighted by atomic mass is 9.99. The molecule has 2 rings (SSSR count). The zero-order valence-corrected chi connectivity index (χ0v) is 12.9. The summed E-state index contributed by atoms with van der Waals surface area (Å²) in [5.74, 6) is -0.741. The second kappa shape index (κ2) is 6.35. The molecule has 0 amide bonds. The van der Waals surface area contributed by atoms with Crippen LogP contribution in [0.15, 0.2) is 36.4 Å². The average molecular weight is 289 g/mol. The van der Waals surface area contributed by atoms with Gasteiger partial charge in [0, 0.05) is 17.6 Å². The van der Waals surface area contributed by atoms with Crippen molar-refractivity contribution in [2.45, 2.75) is 39.8 Å². The van der Waals surface area contributed by atoms with Crippen LogP contribution in [0, 0.1) is 25.5 Å². The first kappa shape index (κ1) is 15.6. The van der Waals surface area contributed by atoms with E-state index < -0.39 is 0 Å². The van der Waals surface area contributed by atoms with E-state index in [1.807, 2.05) is 45.0 Å². The van der Waals surface area contributed by atoms with Crippen LogP contribution in [-0.4, -0.2) is 0 Å². The summed E-state index contributed by atoms with van der Waals surface area (Å²) in [6, 6.07) is 10.4. The highest BCUT2D eigenvalue weighted by atomic mass is 19.1. The first-order valence-corrected chi connectivity index (χ1v) is 7.17. The summed E-state index contributed by atoms with van der Waals surface area (Å²) >= 11 is 0. The van der Waals surface area contributed by atoms with Crippen molar-refractivity contribution in [2.24, 2.45) is 0 Å². The van der Waals surface area contributed by atoms with E-state index in [-0.39, 0.29) is 23.7 Å². The Labute approximate surface area is 125 Å². The van der Waals surface area contributed by atoms with Gasteiger partial charge < -0.3 is 5.32 Å². The molecule has 0 bridgehead atoms. The zero-order chi connectivity index (χ0) is 15.6. The molecular weight excluding hydrogens is 268 g/mol. The average Bonchev–Trinajstić information content (AvgIpc) is 2.43. The summed E-state index contributed by atoms with van der Waals surface area (Å²) in [5.41, 5.74) is 3.03. The van der Waals surface area contributed by atoms with Crippen LogP contribution in [0.3, 0.4) is 0 Å². The summed E-state index contributed by atoms with van der Waals surface area (Å²) in [5, 5.41) is 3.33. The Morgan fingerprint density at radius 3 is 2.10 bits per heavy atom. The van der Waals surface area contributed by atoms with Crippen LogP contribution in [0.2, 0.25) is 0 Å². The van der Waals surface area contributed by atoms with Gasteiger partial charge in [-0.1, -0.05) is 24.3 Å². The summed E-state index contributed by atoms with van der Waals surface area (Å²) < 4.78 is 27.7. The normalized spacial score (nSPS) is 14.0.